The van der Waals surface area contributed by atoms with E-state index in [0.29, 0.717) is 44.9 Å². The van der Waals surface area contributed by atoms with Gasteiger partial charge >= 0.3 is 12.1 Å². The fourth-order valence-electron chi connectivity index (χ4n) is 5.42. The van der Waals surface area contributed by atoms with Crippen molar-refractivity contribution in [2.75, 3.05) is 47.1 Å². The van der Waals surface area contributed by atoms with Crippen molar-refractivity contribution in [1.29, 1.82) is 0 Å². The van der Waals surface area contributed by atoms with Crippen molar-refractivity contribution < 1.29 is 33.3 Å². The number of piperazine rings is 1. The van der Waals surface area contributed by atoms with E-state index in [-0.39, 0.29) is 30.8 Å². The van der Waals surface area contributed by atoms with E-state index >= 15 is 0 Å². The van der Waals surface area contributed by atoms with Crippen LogP contribution in [-0.2, 0) is 25.6 Å². The van der Waals surface area contributed by atoms with Crippen LogP contribution in [0.5, 0.6) is 11.5 Å². The van der Waals surface area contributed by atoms with Gasteiger partial charge in [-0.3, -0.25) is 4.90 Å². The molecule has 1 fully saturated rings. The van der Waals surface area contributed by atoms with Crippen molar-refractivity contribution in [3.8, 4) is 11.5 Å². The van der Waals surface area contributed by atoms with E-state index in [1.807, 2.05) is 76.3 Å². The van der Waals surface area contributed by atoms with Gasteiger partial charge in [0.2, 0.25) is 0 Å². The largest absolute Gasteiger partial charge is 0.496 e. The molecule has 4 rings (SSSR count). The molecular formula is C33H44N2O7. The molecule has 2 atom stereocenters. The number of likely N-dealkylation sites (N-methyl/N-ethyl adjacent to an activating group) is 1. The molecule has 0 radical (unpaired) electrons. The number of rotatable bonds is 11. The number of hydrogen-bond acceptors (Lipinski definition) is 8. The lowest BCUT2D eigenvalue weighted by atomic mass is 9.82. The Balaban J connectivity index is 1.40. The monoisotopic (exact) mass is 580 g/mol. The summed E-state index contributed by atoms with van der Waals surface area (Å²) in [6.07, 6.45) is 1.01. The van der Waals surface area contributed by atoms with Crippen LogP contribution >= 0.6 is 0 Å². The summed E-state index contributed by atoms with van der Waals surface area (Å²) in [5.74, 6) is 1.23. The minimum atomic E-state index is -0.590. The van der Waals surface area contributed by atoms with E-state index in [1.54, 1.807) is 18.9 Å². The van der Waals surface area contributed by atoms with Crippen LogP contribution in [-0.4, -0.2) is 86.6 Å². The van der Waals surface area contributed by atoms with E-state index in [9.17, 15) is 9.59 Å². The summed E-state index contributed by atoms with van der Waals surface area (Å²) in [6.45, 7) is 10.1. The summed E-state index contributed by atoms with van der Waals surface area (Å²) in [5, 5.41) is 0. The molecule has 0 aromatic heterocycles. The summed E-state index contributed by atoms with van der Waals surface area (Å²) in [6, 6.07) is 15.4. The highest BCUT2D eigenvalue weighted by atomic mass is 16.6. The first-order valence-electron chi connectivity index (χ1n) is 14.6. The molecule has 1 saturated heterocycles. The maximum Gasteiger partial charge on any atom is 0.410 e. The minimum Gasteiger partial charge on any atom is -0.496 e. The Morgan fingerprint density at radius 1 is 1.00 bits per heavy atom. The van der Waals surface area contributed by atoms with E-state index < -0.39 is 5.60 Å². The summed E-state index contributed by atoms with van der Waals surface area (Å²) in [4.78, 5) is 30.1. The highest BCUT2D eigenvalue weighted by Gasteiger charge is 2.44. The second-order valence-electron chi connectivity index (χ2n) is 11.6. The Labute approximate surface area is 249 Å². The second-order valence-corrected chi connectivity index (χ2v) is 11.6. The van der Waals surface area contributed by atoms with E-state index in [2.05, 4.69) is 4.90 Å². The number of benzene rings is 2. The van der Waals surface area contributed by atoms with E-state index in [0.717, 1.165) is 34.6 Å². The first-order valence-corrected chi connectivity index (χ1v) is 14.6. The molecular weight excluding hydrogens is 536 g/mol. The first-order chi connectivity index (χ1) is 20.1. The number of hydrogen-bond donors (Lipinski definition) is 0. The number of para-hydroxylation sites is 1. The SMILES string of the molecule is CCOC(=O)C1=C(c2ccc(OCCCOCc3ccccc3OC)cc2)CC2CN(C(=O)OC(C)(C)C)CC1N2C. The van der Waals surface area contributed by atoms with Crippen LogP contribution in [0.15, 0.2) is 54.1 Å². The Hall–Kier alpha value is -3.56. The molecule has 2 heterocycles. The molecule has 0 saturated carbocycles. The summed E-state index contributed by atoms with van der Waals surface area (Å²) in [5.41, 5.74) is 2.95. The topological polar surface area (TPSA) is 86.8 Å². The molecule has 0 aliphatic carbocycles. The molecule has 2 unspecified atom stereocenters. The van der Waals surface area contributed by atoms with Gasteiger partial charge in [0.25, 0.3) is 0 Å². The van der Waals surface area contributed by atoms with Crippen molar-refractivity contribution in [2.24, 2.45) is 0 Å². The van der Waals surface area contributed by atoms with Crippen molar-refractivity contribution in [1.82, 2.24) is 9.80 Å². The number of esters is 1. The van der Waals surface area contributed by atoms with Gasteiger partial charge in [-0.1, -0.05) is 30.3 Å². The smallest absolute Gasteiger partial charge is 0.410 e. The molecule has 2 aromatic rings. The third kappa shape index (κ3) is 7.83. The van der Waals surface area contributed by atoms with Gasteiger partial charge in [-0.05, 0) is 70.5 Å². The van der Waals surface area contributed by atoms with E-state index in [1.165, 1.54) is 0 Å². The first kappa shape index (κ1) is 31.4. The lowest BCUT2D eigenvalue weighted by molar-refractivity contribution is -0.140. The minimum absolute atomic E-state index is 0.0521. The van der Waals surface area contributed by atoms with Crippen molar-refractivity contribution in [3.05, 3.63) is 65.2 Å². The van der Waals surface area contributed by atoms with Crippen LogP contribution in [0, 0.1) is 0 Å². The van der Waals surface area contributed by atoms with Gasteiger partial charge in [-0.15, -0.1) is 0 Å². The van der Waals surface area contributed by atoms with Gasteiger partial charge in [0.1, 0.15) is 17.1 Å². The molecule has 9 heteroatoms. The van der Waals surface area contributed by atoms with Crippen LogP contribution in [0.4, 0.5) is 4.79 Å². The molecule has 42 heavy (non-hydrogen) atoms. The molecule has 9 nitrogen and oxygen atoms in total. The third-order valence-electron chi connectivity index (χ3n) is 7.49. The fourth-order valence-corrected chi connectivity index (χ4v) is 5.42. The highest BCUT2D eigenvalue weighted by Crippen LogP contribution is 2.38. The zero-order valence-corrected chi connectivity index (χ0v) is 25.7. The zero-order chi connectivity index (χ0) is 30.3. The number of carbonyl (C=O) groups excluding carboxylic acids is 2. The Bertz CT molecular complexity index is 1250. The van der Waals surface area contributed by atoms with Gasteiger partial charge < -0.3 is 28.6 Å². The fraction of sp³-hybridized carbons (Fsp3) is 0.515. The number of carbonyl (C=O) groups is 2. The third-order valence-corrected chi connectivity index (χ3v) is 7.49. The Morgan fingerprint density at radius 3 is 2.43 bits per heavy atom. The summed E-state index contributed by atoms with van der Waals surface area (Å²) >= 11 is 0. The predicted octanol–water partition coefficient (Wildman–Crippen LogP) is 5.32. The van der Waals surface area contributed by atoms with Crippen molar-refractivity contribution in [2.45, 2.75) is 64.8 Å². The Kier molecular flexibility index (Phi) is 10.5. The maximum atomic E-state index is 13.3. The van der Waals surface area contributed by atoms with Gasteiger partial charge in [0.05, 0.1) is 45.2 Å². The predicted molar refractivity (Wildman–Crippen MR) is 161 cm³/mol. The van der Waals surface area contributed by atoms with Crippen molar-refractivity contribution >= 4 is 17.6 Å². The molecule has 0 N–H and O–H groups in total. The van der Waals surface area contributed by atoms with Crippen molar-refractivity contribution in [3.63, 3.8) is 0 Å². The number of methoxy groups -OCH3 is 1. The molecule has 1 amide bonds. The standard InChI is InChI=1S/C33H44N2O7/c1-7-40-31(36)30-27(19-25-20-35(21-28(30)34(25)5)32(37)42-33(2,3)4)23-13-15-26(16-14-23)41-18-10-17-39-22-24-11-8-9-12-29(24)38-6/h8-9,11-16,25,28H,7,10,17-22H2,1-6H3. The number of fused-ring (bicyclic) bond motifs is 2. The van der Waals surface area contributed by atoms with E-state index in [4.69, 9.17) is 23.7 Å². The number of nitrogens with zero attached hydrogens (tertiary/aromatic N) is 2. The highest BCUT2D eigenvalue weighted by molar-refractivity contribution is 6.00. The van der Waals surface area contributed by atoms with Gasteiger partial charge in [0, 0.05) is 31.1 Å². The molecule has 2 aromatic carbocycles. The van der Waals surface area contributed by atoms with Crippen LogP contribution in [0.1, 0.15) is 51.7 Å². The lowest BCUT2D eigenvalue weighted by Gasteiger charge is -2.49. The molecule has 2 aliphatic heterocycles. The average Bonchev–Trinajstić information content (AvgIpc) is 2.94. The van der Waals surface area contributed by atoms with Gasteiger partial charge in [0.15, 0.2) is 0 Å². The maximum absolute atomic E-state index is 13.3. The van der Waals surface area contributed by atoms with Crippen LogP contribution in [0.25, 0.3) is 5.57 Å². The lowest BCUT2D eigenvalue weighted by Crippen LogP contribution is -2.62. The molecule has 2 bridgehead atoms. The number of amides is 1. The van der Waals surface area contributed by atoms with Crippen LogP contribution in [0.3, 0.4) is 0 Å². The van der Waals surface area contributed by atoms with Crippen LogP contribution in [0.2, 0.25) is 0 Å². The number of ether oxygens (including phenoxy) is 5. The zero-order valence-electron chi connectivity index (χ0n) is 25.7. The molecule has 0 spiro atoms. The van der Waals surface area contributed by atoms with Gasteiger partial charge in [-0.2, -0.15) is 0 Å². The quantitative estimate of drug-likeness (QED) is 0.261. The Morgan fingerprint density at radius 2 is 1.74 bits per heavy atom. The second kappa shape index (κ2) is 14.1. The van der Waals surface area contributed by atoms with Gasteiger partial charge in [-0.25, -0.2) is 9.59 Å². The van der Waals surface area contributed by atoms with Crippen LogP contribution < -0.4 is 9.47 Å². The summed E-state index contributed by atoms with van der Waals surface area (Å²) in [7, 11) is 3.67. The average molecular weight is 581 g/mol. The molecule has 2 aliphatic rings. The summed E-state index contributed by atoms with van der Waals surface area (Å²) < 4.78 is 28.3. The molecule has 228 valence electrons. The normalized spacial score (nSPS) is 19.0.